The van der Waals surface area contributed by atoms with Crippen LogP contribution < -0.4 is 0 Å². The quantitative estimate of drug-likeness (QED) is 0.670. The van der Waals surface area contributed by atoms with E-state index in [9.17, 15) is 44.3 Å². The average Bonchev–Trinajstić information content (AvgIpc) is 2.45. The van der Waals surface area contributed by atoms with Crippen molar-refractivity contribution in [3.63, 3.8) is 0 Å². The summed E-state index contributed by atoms with van der Waals surface area (Å²) in [6, 6.07) is 6.06. The van der Waals surface area contributed by atoms with Crippen LogP contribution in [0.3, 0.4) is 0 Å². The lowest BCUT2D eigenvalue weighted by Crippen LogP contribution is -2.65. The first-order valence-corrected chi connectivity index (χ1v) is 6.32. The molecule has 0 fully saturated rings. The Morgan fingerprint density at radius 1 is 0.750 bits per heavy atom. The second kappa shape index (κ2) is 5.66. The van der Waals surface area contributed by atoms with Crippen LogP contribution in [0.25, 0.3) is 0 Å². The molecular weight excluding hydrogens is 355 g/mol. The zero-order chi connectivity index (χ0) is 19.2. The fraction of sp³-hybridized carbons (Fsp3) is 0.500. The van der Waals surface area contributed by atoms with Crippen LogP contribution in [0.5, 0.6) is 0 Å². The van der Waals surface area contributed by atoms with Gasteiger partial charge in [-0.1, -0.05) is 30.3 Å². The lowest BCUT2D eigenvalue weighted by Gasteiger charge is -2.36. The van der Waals surface area contributed by atoms with Gasteiger partial charge in [0.2, 0.25) is 5.78 Å². The number of Topliss-reactive ketones (excluding diaryl/α,β-unsaturated/α-hetero) is 1. The van der Waals surface area contributed by atoms with Gasteiger partial charge in [-0.25, -0.2) is 0 Å². The van der Waals surface area contributed by atoms with Crippen molar-refractivity contribution in [3.05, 3.63) is 35.9 Å². The molecule has 136 valence electrons. The van der Waals surface area contributed by atoms with Crippen molar-refractivity contribution in [3.8, 4) is 0 Å². The minimum Gasteiger partial charge on any atom is -0.292 e. The summed E-state index contributed by atoms with van der Waals surface area (Å²) < 4.78 is 116. The largest absolute Gasteiger partial charge is 0.460 e. The Morgan fingerprint density at radius 2 is 1.17 bits per heavy atom. The van der Waals surface area contributed by atoms with Gasteiger partial charge < -0.3 is 0 Å². The Hall–Kier alpha value is -1.74. The van der Waals surface area contributed by atoms with Gasteiger partial charge in [-0.05, 0) is 19.4 Å². The Morgan fingerprint density at radius 3 is 1.54 bits per heavy atom. The smallest absolute Gasteiger partial charge is 0.292 e. The van der Waals surface area contributed by atoms with Crippen LogP contribution in [0.1, 0.15) is 19.4 Å². The van der Waals surface area contributed by atoms with Gasteiger partial charge >= 0.3 is 23.9 Å². The Balaban J connectivity index is 3.40. The second-order valence-electron chi connectivity index (χ2n) is 5.54. The molecule has 0 spiro atoms. The third-order valence-electron chi connectivity index (χ3n) is 3.49. The highest BCUT2D eigenvalue weighted by Gasteiger charge is 2.84. The van der Waals surface area contributed by atoms with Gasteiger partial charge in [0, 0.05) is 0 Å². The fourth-order valence-electron chi connectivity index (χ4n) is 1.90. The summed E-state index contributed by atoms with van der Waals surface area (Å²) in [6.45, 7) is 1.45. The van der Waals surface area contributed by atoms with Gasteiger partial charge in [0.1, 0.15) is 0 Å². The maximum Gasteiger partial charge on any atom is 0.460 e. The van der Waals surface area contributed by atoms with Crippen LogP contribution >= 0.6 is 0 Å². The number of carbonyl (C=O) groups is 1. The third kappa shape index (κ3) is 2.86. The predicted molar refractivity (Wildman–Crippen MR) is 65.4 cm³/mol. The van der Waals surface area contributed by atoms with E-state index < -0.39 is 35.1 Å². The Kier molecular flexibility index (Phi) is 4.79. The highest BCUT2D eigenvalue weighted by atomic mass is 19.4. The van der Waals surface area contributed by atoms with E-state index in [0.29, 0.717) is 0 Å². The van der Waals surface area contributed by atoms with E-state index >= 15 is 0 Å². The summed E-state index contributed by atoms with van der Waals surface area (Å²) in [6.07, 6.45) is -6.96. The van der Waals surface area contributed by atoms with Gasteiger partial charge in [-0.2, -0.15) is 39.5 Å². The number of alkyl halides is 9. The summed E-state index contributed by atoms with van der Waals surface area (Å²) in [5.41, 5.74) is -2.68. The number of halogens is 9. The summed E-state index contributed by atoms with van der Waals surface area (Å²) in [7, 11) is 0. The zero-order valence-corrected chi connectivity index (χ0v) is 12.2. The van der Waals surface area contributed by atoms with Gasteiger partial charge in [-0.15, -0.1) is 0 Å². The molecule has 0 aliphatic heterocycles. The van der Waals surface area contributed by atoms with Crippen LogP contribution in [-0.4, -0.2) is 29.7 Å². The van der Waals surface area contributed by atoms with Crippen LogP contribution in [0, 0.1) is 0 Å². The molecule has 0 saturated carbocycles. The molecule has 0 bridgehead atoms. The van der Waals surface area contributed by atoms with Gasteiger partial charge in [0.25, 0.3) is 0 Å². The molecule has 0 heterocycles. The molecule has 1 aromatic rings. The molecule has 0 amide bonds. The van der Waals surface area contributed by atoms with E-state index in [-0.39, 0.29) is 5.56 Å². The van der Waals surface area contributed by atoms with Crippen molar-refractivity contribution < 1.29 is 44.3 Å². The monoisotopic (exact) mass is 366 g/mol. The van der Waals surface area contributed by atoms with E-state index in [1.807, 2.05) is 0 Å². The number of hydrogen-bond donors (Lipinski definition) is 0. The molecule has 0 aromatic heterocycles. The van der Waals surface area contributed by atoms with Gasteiger partial charge in [0.15, 0.2) is 0 Å². The first-order valence-electron chi connectivity index (χ1n) is 6.32. The number of benzene rings is 1. The minimum atomic E-state index is -7.09. The van der Waals surface area contributed by atoms with E-state index in [0.717, 1.165) is 26.0 Å². The van der Waals surface area contributed by atoms with Crippen molar-refractivity contribution in [1.29, 1.82) is 0 Å². The van der Waals surface area contributed by atoms with Crippen LogP contribution in [-0.2, 0) is 10.2 Å². The molecule has 0 aliphatic carbocycles. The number of rotatable bonds is 5. The molecule has 1 aromatic carbocycles. The standard InChI is InChI=1S/C14H11F9O/c1-10(2,8-6-4-3-5-7-8)9(24)11(15,16)12(17,18)13(19,20)14(21,22)23/h3-7H,1-2H3. The van der Waals surface area contributed by atoms with E-state index in [1.54, 1.807) is 0 Å². The molecule has 1 nitrogen and oxygen atoms in total. The fourth-order valence-corrected chi connectivity index (χ4v) is 1.90. The molecule has 0 N–H and O–H groups in total. The lowest BCUT2D eigenvalue weighted by atomic mass is 9.76. The topological polar surface area (TPSA) is 17.1 Å². The number of carbonyl (C=O) groups excluding carboxylic acids is 1. The minimum absolute atomic E-state index is 0.249. The number of hydrogen-bond acceptors (Lipinski definition) is 1. The van der Waals surface area contributed by atoms with Crippen molar-refractivity contribution in [2.75, 3.05) is 0 Å². The van der Waals surface area contributed by atoms with Crippen LogP contribution in [0.15, 0.2) is 30.3 Å². The van der Waals surface area contributed by atoms with Crippen molar-refractivity contribution in [2.45, 2.75) is 43.2 Å². The Bertz CT molecular complexity index is 602. The molecule has 0 atom stereocenters. The van der Waals surface area contributed by atoms with Gasteiger partial charge in [-0.3, -0.25) is 4.79 Å². The first kappa shape index (κ1) is 20.3. The predicted octanol–water partition coefficient (Wildman–Crippen LogP) is 5.00. The summed E-state index contributed by atoms with van der Waals surface area (Å²) in [4.78, 5) is 11.8. The number of ketones is 1. The van der Waals surface area contributed by atoms with E-state index in [1.165, 1.54) is 18.2 Å². The maximum atomic E-state index is 13.7. The average molecular weight is 366 g/mol. The Labute approximate surface area is 130 Å². The highest BCUT2D eigenvalue weighted by Crippen LogP contribution is 2.54. The molecule has 0 radical (unpaired) electrons. The van der Waals surface area contributed by atoms with Crippen LogP contribution in [0.4, 0.5) is 39.5 Å². The molecule has 1 rings (SSSR count). The molecule has 10 heteroatoms. The summed E-state index contributed by atoms with van der Waals surface area (Å²) in [5, 5.41) is 0. The molecule has 0 aliphatic rings. The SMILES string of the molecule is CC(C)(C(=O)C(F)(F)C(F)(F)C(F)(F)C(F)(F)F)c1ccccc1. The van der Waals surface area contributed by atoms with Crippen molar-refractivity contribution >= 4 is 5.78 Å². The normalized spacial score (nSPS) is 14.6. The summed E-state index contributed by atoms with van der Waals surface area (Å²) in [5.74, 6) is -23.1. The highest BCUT2D eigenvalue weighted by molar-refractivity contribution is 5.96. The molecule has 24 heavy (non-hydrogen) atoms. The molecule has 0 saturated heterocycles. The van der Waals surface area contributed by atoms with E-state index in [2.05, 4.69) is 0 Å². The van der Waals surface area contributed by atoms with Gasteiger partial charge in [0.05, 0.1) is 5.41 Å². The lowest BCUT2D eigenvalue weighted by molar-refractivity contribution is -0.388. The first-order chi connectivity index (χ1) is 10.5. The maximum absolute atomic E-state index is 13.7. The third-order valence-corrected chi connectivity index (χ3v) is 3.49. The van der Waals surface area contributed by atoms with Crippen molar-refractivity contribution in [1.82, 2.24) is 0 Å². The molecular formula is C14H11F9O. The summed E-state index contributed by atoms with van der Waals surface area (Å²) >= 11 is 0. The van der Waals surface area contributed by atoms with Crippen LogP contribution in [0.2, 0.25) is 0 Å². The molecule has 0 unspecified atom stereocenters. The second-order valence-corrected chi connectivity index (χ2v) is 5.54. The van der Waals surface area contributed by atoms with E-state index in [4.69, 9.17) is 0 Å². The zero-order valence-electron chi connectivity index (χ0n) is 12.2. The van der Waals surface area contributed by atoms with Crippen molar-refractivity contribution in [2.24, 2.45) is 0 Å².